The minimum absolute atomic E-state index is 0.0881. The molecule has 8 heteroatoms. The Morgan fingerprint density at radius 1 is 0.979 bits per heavy atom. The smallest absolute Gasteiger partial charge is 0.410 e. The van der Waals surface area contributed by atoms with E-state index in [-0.39, 0.29) is 29.4 Å². The Hall–Kier alpha value is -3.91. The molecule has 0 radical (unpaired) electrons. The van der Waals surface area contributed by atoms with Gasteiger partial charge in [0, 0.05) is 61.9 Å². The number of fused-ring (bicyclic) bond motifs is 2. The van der Waals surface area contributed by atoms with Crippen LogP contribution >= 0.6 is 0 Å². The number of piperidine rings is 1. The molecule has 0 N–H and O–H groups in total. The molecule has 8 nitrogen and oxygen atoms in total. The molecular formula is C39H50N4O4. The number of hydrogen-bond acceptors (Lipinski definition) is 6. The largest absolute Gasteiger partial charge is 0.493 e. The number of carbonyl (C=O) groups is 2. The van der Waals surface area contributed by atoms with Crippen LogP contribution < -0.4 is 4.74 Å². The Morgan fingerprint density at radius 3 is 2.49 bits per heavy atom. The molecule has 0 aliphatic carbocycles. The highest BCUT2D eigenvalue weighted by molar-refractivity contribution is 5.94. The van der Waals surface area contributed by atoms with E-state index in [2.05, 4.69) is 34.9 Å². The zero-order chi connectivity index (χ0) is 33.2. The SMILES string of the molecule is CCOc1ccccc1-c1ccc2c(n1)CN(C[C@H]1CCCN1C(=O)OC(C)(C)C)CC21CCN(C(=O)c2ccccc2)CC1CC. The first-order valence-electron chi connectivity index (χ1n) is 17.4. The van der Waals surface area contributed by atoms with E-state index in [0.717, 1.165) is 73.6 Å². The van der Waals surface area contributed by atoms with Crippen molar-refractivity contribution in [2.24, 2.45) is 5.92 Å². The third kappa shape index (κ3) is 6.89. The average Bonchev–Trinajstić information content (AvgIpc) is 3.53. The number of aromatic nitrogens is 1. The van der Waals surface area contributed by atoms with Gasteiger partial charge in [-0.3, -0.25) is 14.7 Å². The molecule has 6 rings (SSSR count). The topological polar surface area (TPSA) is 75.2 Å². The molecule has 1 spiro atoms. The molecule has 2 amide bonds. The van der Waals surface area contributed by atoms with Gasteiger partial charge in [-0.1, -0.05) is 49.7 Å². The minimum atomic E-state index is -0.532. The lowest BCUT2D eigenvalue weighted by molar-refractivity contribution is 0.0120. The van der Waals surface area contributed by atoms with Gasteiger partial charge in [0.15, 0.2) is 0 Å². The molecule has 2 saturated heterocycles. The molecule has 250 valence electrons. The second-order valence-electron chi connectivity index (χ2n) is 14.4. The van der Waals surface area contributed by atoms with Crippen LogP contribution in [-0.2, 0) is 16.7 Å². The van der Waals surface area contributed by atoms with Crippen molar-refractivity contribution in [3.8, 4) is 17.0 Å². The molecule has 2 fully saturated rings. The van der Waals surface area contributed by atoms with Gasteiger partial charge in [0.25, 0.3) is 5.91 Å². The maximum atomic E-state index is 13.6. The highest BCUT2D eigenvalue weighted by Gasteiger charge is 2.49. The maximum absolute atomic E-state index is 13.6. The summed E-state index contributed by atoms with van der Waals surface area (Å²) in [7, 11) is 0. The van der Waals surface area contributed by atoms with Crippen LogP contribution in [0.3, 0.4) is 0 Å². The summed E-state index contributed by atoms with van der Waals surface area (Å²) in [6.07, 6.45) is 3.53. The zero-order valence-corrected chi connectivity index (χ0v) is 28.7. The third-order valence-corrected chi connectivity index (χ3v) is 10.2. The number of carbonyl (C=O) groups excluding carboxylic acids is 2. The molecular weight excluding hydrogens is 588 g/mol. The summed E-state index contributed by atoms with van der Waals surface area (Å²) in [4.78, 5) is 38.7. The van der Waals surface area contributed by atoms with Gasteiger partial charge in [-0.25, -0.2) is 4.79 Å². The Labute approximate surface area is 280 Å². The van der Waals surface area contributed by atoms with Crippen LogP contribution in [0.1, 0.15) is 81.9 Å². The third-order valence-electron chi connectivity index (χ3n) is 10.2. The molecule has 3 aromatic rings. The number of amides is 2. The second kappa shape index (κ2) is 13.7. The predicted molar refractivity (Wildman–Crippen MR) is 185 cm³/mol. The van der Waals surface area contributed by atoms with E-state index < -0.39 is 5.60 Å². The van der Waals surface area contributed by atoms with E-state index in [1.807, 2.05) is 81.1 Å². The summed E-state index contributed by atoms with van der Waals surface area (Å²) in [5.41, 5.74) is 4.35. The number of likely N-dealkylation sites (tertiary alicyclic amines) is 2. The van der Waals surface area contributed by atoms with E-state index in [0.29, 0.717) is 26.2 Å². The molecule has 2 unspecified atom stereocenters. The number of pyridine rings is 1. The van der Waals surface area contributed by atoms with Crippen molar-refractivity contribution < 1.29 is 19.1 Å². The van der Waals surface area contributed by atoms with Crippen molar-refractivity contribution in [3.63, 3.8) is 0 Å². The van der Waals surface area contributed by atoms with Crippen LogP contribution in [0.4, 0.5) is 4.79 Å². The first-order chi connectivity index (χ1) is 22.6. The van der Waals surface area contributed by atoms with Crippen LogP contribution in [0.5, 0.6) is 5.75 Å². The zero-order valence-electron chi connectivity index (χ0n) is 28.7. The Balaban J connectivity index is 1.34. The van der Waals surface area contributed by atoms with Gasteiger partial charge in [-0.2, -0.15) is 0 Å². The normalized spacial score (nSPS) is 23.1. The molecule has 0 bridgehead atoms. The Morgan fingerprint density at radius 2 is 1.74 bits per heavy atom. The number of para-hydroxylation sites is 1. The fraction of sp³-hybridized carbons (Fsp3) is 0.513. The molecule has 1 aromatic heterocycles. The van der Waals surface area contributed by atoms with Gasteiger partial charge in [-0.05, 0) is 88.8 Å². The molecule has 3 aliphatic rings. The van der Waals surface area contributed by atoms with Gasteiger partial charge in [0.2, 0.25) is 0 Å². The number of benzene rings is 2. The van der Waals surface area contributed by atoms with E-state index in [1.165, 1.54) is 5.56 Å². The molecule has 47 heavy (non-hydrogen) atoms. The van der Waals surface area contributed by atoms with E-state index in [9.17, 15) is 9.59 Å². The Bertz CT molecular complexity index is 1570. The highest BCUT2D eigenvalue weighted by atomic mass is 16.6. The summed E-state index contributed by atoms with van der Waals surface area (Å²) in [6.45, 7) is 15.1. The van der Waals surface area contributed by atoms with Gasteiger partial charge >= 0.3 is 6.09 Å². The maximum Gasteiger partial charge on any atom is 0.410 e. The van der Waals surface area contributed by atoms with Crippen LogP contribution in [0.2, 0.25) is 0 Å². The van der Waals surface area contributed by atoms with Crippen LogP contribution in [0, 0.1) is 5.92 Å². The molecule has 0 saturated carbocycles. The molecule has 4 heterocycles. The number of nitrogens with zero attached hydrogens (tertiary/aromatic N) is 4. The summed E-state index contributed by atoms with van der Waals surface area (Å²) in [6, 6.07) is 22.3. The standard InChI is InChI=1S/C39H50N4O4/c1-6-29-24-42(36(44)28-14-9-8-10-15-28)23-21-39(29)27-41(25-30-16-13-22-43(30)37(45)47-38(3,4)5)26-34-32(39)19-20-33(40-34)31-17-11-12-18-35(31)46-7-2/h8-12,14-15,17-20,29-30H,6-7,13,16,21-27H2,1-5H3/t29?,30-,39?/m1/s1. The van der Waals surface area contributed by atoms with Gasteiger partial charge in [0.05, 0.1) is 18.0 Å². The summed E-state index contributed by atoms with van der Waals surface area (Å²) >= 11 is 0. The monoisotopic (exact) mass is 638 g/mol. The fourth-order valence-electron chi connectivity index (χ4n) is 8.05. The van der Waals surface area contributed by atoms with Crippen molar-refractivity contribution in [2.75, 3.05) is 39.3 Å². The van der Waals surface area contributed by atoms with E-state index in [1.54, 1.807) is 0 Å². The average molecular weight is 639 g/mol. The van der Waals surface area contributed by atoms with E-state index in [4.69, 9.17) is 14.5 Å². The number of rotatable bonds is 7. The van der Waals surface area contributed by atoms with Crippen molar-refractivity contribution in [1.29, 1.82) is 0 Å². The first kappa shape index (κ1) is 33.0. The minimum Gasteiger partial charge on any atom is -0.493 e. The molecule has 3 aliphatic heterocycles. The lowest BCUT2D eigenvalue weighted by Gasteiger charge is -2.53. The van der Waals surface area contributed by atoms with E-state index >= 15 is 0 Å². The number of hydrogen-bond donors (Lipinski definition) is 0. The second-order valence-corrected chi connectivity index (χ2v) is 14.4. The van der Waals surface area contributed by atoms with Crippen molar-refractivity contribution in [1.82, 2.24) is 19.7 Å². The Kier molecular flexibility index (Phi) is 9.60. The number of ether oxygens (including phenoxy) is 2. The van der Waals surface area contributed by atoms with Crippen molar-refractivity contribution >= 4 is 12.0 Å². The fourth-order valence-corrected chi connectivity index (χ4v) is 8.05. The van der Waals surface area contributed by atoms with Crippen LogP contribution in [-0.4, -0.2) is 82.7 Å². The predicted octanol–water partition coefficient (Wildman–Crippen LogP) is 7.17. The quantitative estimate of drug-likeness (QED) is 0.273. The highest BCUT2D eigenvalue weighted by Crippen LogP contribution is 2.47. The molecule has 2 aromatic carbocycles. The summed E-state index contributed by atoms with van der Waals surface area (Å²) in [5, 5.41) is 0. The van der Waals surface area contributed by atoms with Gasteiger partial charge < -0.3 is 19.3 Å². The van der Waals surface area contributed by atoms with Crippen molar-refractivity contribution in [3.05, 3.63) is 83.6 Å². The van der Waals surface area contributed by atoms with Crippen LogP contribution in [0.15, 0.2) is 66.7 Å². The lowest BCUT2D eigenvalue weighted by Crippen LogP contribution is -2.59. The summed E-state index contributed by atoms with van der Waals surface area (Å²) < 4.78 is 11.8. The van der Waals surface area contributed by atoms with Gasteiger partial charge in [-0.15, -0.1) is 0 Å². The lowest BCUT2D eigenvalue weighted by atomic mass is 9.62. The molecule has 3 atom stereocenters. The van der Waals surface area contributed by atoms with Gasteiger partial charge in [0.1, 0.15) is 11.4 Å². The first-order valence-corrected chi connectivity index (χ1v) is 17.4. The van der Waals surface area contributed by atoms with Crippen LogP contribution in [0.25, 0.3) is 11.3 Å². The van der Waals surface area contributed by atoms with Crippen molar-refractivity contribution in [2.45, 2.75) is 83.9 Å². The summed E-state index contributed by atoms with van der Waals surface area (Å²) in [5.74, 6) is 1.20.